The van der Waals surface area contributed by atoms with Gasteiger partial charge in [-0.1, -0.05) is 0 Å². The summed E-state index contributed by atoms with van der Waals surface area (Å²) in [6, 6.07) is 4.57. The normalized spacial score (nSPS) is 19.4. The van der Waals surface area contributed by atoms with Crippen molar-refractivity contribution in [3.05, 3.63) is 29.8 Å². The first-order valence-corrected chi connectivity index (χ1v) is 6.72. The molecular formula is C14H17F3N2O2. The quantitative estimate of drug-likeness (QED) is 0.929. The van der Waals surface area contributed by atoms with E-state index in [1.807, 2.05) is 0 Å². The van der Waals surface area contributed by atoms with Crippen LogP contribution >= 0.6 is 0 Å². The number of hydrogen-bond donors (Lipinski definition) is 1. The van der Waals surface area contributed by atoms with Crippen LogP contribution in [-0.2, 0) is 11.0 Å². The van der Waals surface area contributed by atoms with Gasteiger partial charge < -0.3 is 15.4 Å². The summed E-state index contributed by atoms with van der Waals surface area (Å²) in [4.78, 5) is 13.2. The second-order valence-corrected chi connectivity index (χ2v) is 4.95. The summed E-state index contributed by atoms with van der Waals surface area (Å²) in [5.74, 6) is 0.228. The van der Waals surface area contributed by atoms with Crippen LogP contribution in [0.3, 0.4) is 0 Å². The molecule has 1 atom stereocenters. The Hall–Kier alpha value is -1.76. The van der Waals surface area contributed by atoms with Crippen molar-refractivity contribution >= 4 is 5.91 Å². The number of nitrogens with zero attached hydrogens (tertiary/aromatic N) is 1. The first-order chi connectivity index (χ1) is 9.90. The second-order valence-electron chi connectivity index (χ2n) is 4.95. The van der Waals surface area contributed by atoms with E-state index in [1.165, 1.54) is 12.1 Å². The summed E-state index contributed by atoms with van der Waals surface area (Å²) in [5, 5.41) is 0. The number of ether oxygens (including phenoxy) is 1. The smallest absolute Gasteiger partial charge is 0.416 e. The molecule has 0 aromatic heterocycles. The van der Waals surface area contributed by atoms with E-state index in [-0.39, 0.29) is 18.6 Å². The summed E-state index contributed by atoms with van der Waals surface area (Å²) in [6.07, 6.45) is -3.02. The fourth-order valence-corrected chi connectivity index (χ4v) is 2.30. The Morgan fingerprint density at radius 3 is 2.57 bits per heavy atom. The van der Waals surface area contributed by atoms with Crippen LogP contribution in [0.15, 0.2) is 24.3 Å². The lowest BCUT2D eigenvalue weighted by molar-refractivity contribution is -0.137. The van der Waals surface area contributed by atoms with Crippen molar-refractivity contribution in [3.63, 3.8) is 0 Å². The van der Waals surface area contributed by atoms with Crippen LogP contribution in [0.2, 0.25) is 0 Å². The number of piperidine rings is 1. The number of likely N-dealkylation sites (tertiary alicyclic amines) is 1. The molecule has 4 nitrogen and oxygen atoms in total. The first-order valence-electron chi connectivity index (χ1n) is 6.72. The lowest BCUT2D eigenvalue weighted by Crippen LogP contribution is -2.46. The average molecular weight is 302 g/mol. The zero-order valence-electron chi connectivity index (χ0n) is 11.4. The van der Waals surface area contributed by atoms with Gasteiger partial charge in [-0.05, 0) is 37.1 Å². The van der Waals surface area contributed by atoms with Gasteiger partial charge in [0.25, 0.3) is 0 Å². The second kappa shape index (κ2) is 6.34. The van der Waals surface area contributed by atoms with Gasteiger partial charge in [0.1, 0.15) is 11.9 Å². The Balaban J connectivity index is 1.96. The molecule has 1 aromatic rings. The molecule has 0 aliphatic carbocycles. The van der Waals surface area contributed by atoms with E-state index < -0.39 is 11.7 Å². The molecule has 7 heteroatoms. The zero-order chi connectivity index (χ0) is 15.5. The van der Waals surface area contributed by atoms with Crippen LogP contribution < -0.4 is 10.5 Å². The Kier molecular flexibility index (Phi) is 4.72. The zero-order valence-corrected chi connectivity index (χ0v) is 11.4. The standard InChI is InChI=1S/C14H17F3N2O2/c15-14(16,17)10-3-5-11(6-4-10)21-12-2-1-7-19(9-12)13(20)8-18/h3-6,12H,1-2,7-9,18H2. The molecule has 1 amide bonds. The van der Waals surface area contributed by atoms with Gasteiger partial charge in [0.2, 0.25) is 5.91 Å². The van der Waals surface area contributed by atoms with Crippen molar-refractivity contribution in [2.45, 2.75) is 25.1 Å². The van der Waals surface area contributed by atoms with Gasteiger partial charge in [-0.3, -0.25) is 4.79 Å². The summed E-state index contributed by atoms with van der Waals surface area (Å²) >= 11 is 0. The van der Waals surface area contributed by atoms with Gasteiger partial charge in [-0.2, -0.15) is 13.2 Å². The summed E-state index contributed by atoms with van der Waals surface area (Å²) in [7, 11) is 0. The van der Waals surface area contributed by atoms with E-state index in [1.54, 1.807) is 4.90 Å². The molecule has 0 radical (unpaired) electrons. The maximum absolute atomic E-state index is 12.5. The number of carbonyl (C=O) groups is 1. The number of benzene rings is 1. The third kappa shape index (κ3) is 4.10. The van der Waals surface area contributed by atoms with Crippen molar-refractivity contribution in [3.8, 4) is 5.75 Å². The minimum absolute atomic E-state index is 0.0486. The predicted molar refractivity (Wildman–Crippen MR) is 70.7 cm³/mol. The highest BCUT2D eigenvalue weighted by molar-refractivity contribution is 5.78. The molecule has 116 valence electrons. The molecule has 1 aromatic carbocycles. The van der Waals surface area contributed by atoms with E-state index in [2.05, 4.69) is 0 Å². The van der Waals surface area contributed by atoms with Gasteiger partial charge in [-0.15, -0.1) is 0 Å². The highest BCUT2D eigenvalue weighted by Gasteiger charge is 2.30. The Labute approximate surface area is 120 Å². The van der Waals surface area contributed by atoms with E-state index >= 15 is 0 Å². The van der Waals surface area contributed by atoms with Crippen LogP contribution in [-0.4, -0.2) is 36.5 Å². The maximum Gasteiger partial charge on any atom is 0.416 e. The first kappa shape index (κ1) is 15.6. The minimum Gasteiger partial charge on any atom is -0.489 e. The van der Waals surface area contributed by atoms with Gasteiger partial charge in [-0.25, -0.2) is 0 Å². The molecule has 1 unspecified atom stereocenters. The maximum atomic E-state index is 12.5. The highest BCUT2D eigenvalue weighted by Crippen LogP contribution is 2.30. The van der Waals surface area contributed by atoms with Crippen molar-refractivity contribution in [1.82, 2.24) is 4.90 Å². The molecule has 2 rings (SSSR count). The van der Waals surface area contributed by atoms with Crippen molar-refractivity contribution < 1.29 is 22.7 Å². The van der Waals surface area contributed by atoms with E-state index in [9.17, 15) is 18.0 Å². The molecule has 1 heterocycles. The van der Waals surface area contributed by atoms with Crippen LogP contribution in [0.25, 0.3) is 0 Å². The third-order valence-corrected chi connectivity index (χ3v) is 3.39. The summed E-state index contributed by atoms with van der Waals surface area (Å²) < 4.78 is 43.0. The Morgan fingerprint density at radius 2 is 2.00 bits per heavy atom. The van der Waals surface area contributed by atoms with Crippen molar-refractivity contribution in [1.29, 1.82) is 0 Å². The molecule has 1 fully saturated rings. The van der Waals surface area contributed by atoms with Gasteiger partial charge in [0, 0.05) is 6.54 Å². The molecule has 1 aliphatic rings. The fourth-order valence-electron chi connectivity index (χ4n) is 2.30. The van der Waals surface area contributed by atoms with Crippen LogP contribution in [0.4, 0.5) is 13.2 Å². The SMILES string of the molecule is NCC(=O)N1CCCC(Oc2ccc(C(F)(F)F)cc2)C1. The lowest BCUT2D eigenvalue weighted by atomic mass is 10.1. The van der Waals surface area contributed by atoms with Crippen LogP contribution in [0.5, 0.6) is 5.75 Å². The molecule has 0 spiro atoms. The number of rotatable bonds is 3. The molecule has 1 saturated heterocycles. The summed E-state index contributed by atoms with van der Waals surface area (Å²) in [5.41, 5.74) is 4.61. The Morgan fingerprint density at radius 1 is 1.33 bits per heavy atom. The van der Waals surface area contributed by atoms with E-state index in [0.29, 0.717) is 18.8 Å². The molecule has 0 saturated carbocycles. The Bertz CT molecular complexity index is 488. The number of alkyl halides is 3. The van der Waals surface area contributed by atoms with Crippen LogP contribution in [0.1, 0.15) is 18.4 Å². The average Bonchev–Trinajstić information content (AvgIpc) is 2.46. The van der Waals surface area contributed by atoms with Crippen molar-refractivity contribution in [2.75, 3.05) is 19.6 Å². The largest absolute Gasteiger partial charge is 0.489 e. The van der Waals surface area contributed by atoms with Gasteiger partial charge in [0.15, 0.2) is 0 Å². The number of carbonyl (C=O) groups excluding carboxylic acids is 1. The lowest BCUT2D eigenvalue weighted by Gasteiger charge is -2.32. The number of halogens is 3. The summed E-state index contributed by atoms with van der Waals surface area (Å²) in [6.45, 7) is 1.01. The van der Waals surface area contributed by atoms with Crippen LogP contribution in [0, 0.1) is 0 Å². The molecule has 0 bridgehead atoms. The molecular weight excluding hydrogens is 285 g/mol. The number of amides is 1. The number of hydrogen-bond acceptors (Lipinski definition) is 3. The van der Waals surface area contributed by atoms with Crippen molar-refractivity contribution in [2.24, 2.45) is 5.73 Å². The predicted octanol–water partition coefficient (Wildman–Crippen LogP) is 2.03. The monoisotopic (exact) mass is 302 g/mol. The molecule has 2 N–H and O–H groups in total. The van der Waals surface area contributed by atoms with E-state index in [4.69, 9.17) is 10.5 Å². The van der Waals surface area contributed by atoms with Gasteiger partial charge >= 0.3 is 6.18 Å². The molecule has 1 aliphatic heterocycles. The number of nitrogens with two attached hydrogens (primary N) is 1. The topological polar surface area (TPSA) is 55.6 Å². The third-order valence-electron chi connectivity index (χ3n) is 3.39. The van der Waals surface area contributed by atoms with Gasteiger partial charge in [0.05, 0.1) is 18.7 Å². The minimum atomic E-state index is -4.35. The fraction of sp³-hybridized carbons (Fsp3) is 0.500. The van der Waals surface area contributed by atoms with E-state index in [0.717, 1.165) is 25.0 Å². The highest BCUT2D eigenvalue weighted by atomic mass is 19.4. The molecule has 21 heavy (non-hydrogen) atoms.